The highest BCUT2D eigenvalue weighted by Gasteiger charge is 2.50. The lowest BCUT2D eigenvalue weighted by molar-refractivity contribution is -0.294. The van der Waals surface area contributed by atoms with Gasteiger partial charge in [-0.15, -0.1) is 6.58 Å². The van der Waals surface area contributed by atoms with Crippen molar-refractivity contribution in [2.24, 2.45) is 17.8 Å². The second-order valence-electron chi connectivity index (χ2n) is 15.2. The highest BCUT2D eigenvalue weighted by molar-refractivity contribution is 6.00. The van der Waals surface area contributed by atoms with Gasteiger partial charge in [-0.3, -0.25) is 14.5 Å². The molecule has 10 atom stereocenters. The summed E-state index contributed by atoms with van der Waals surface area (Å²) in [6, 6.07) is 7.68. The summed E-state index contributed by atoms with van der Waals surface area (Å²) in [5, 5.41) is 0. The summed E-state index contributed by atoms with van der Waals surface area (Å²) in [4.78, 5) is 57.8. The third-order valence-electron chi connectivity index (χ3n) is 9.49. The molecule has 1 amide bonds. The van der Waals surface area contributed by atoms with Gasteiger partial charge < -0.3 is 33.3 Å². The van der Waals surface area contributed by atoms with Gasteiger partial charge in [0, 0.05) is 19.6 Å². The van der Waals surface area contributed by atoms with Crippen molar-refractivity contribution in [3.63, 3.8) is 0 Å². The van der Waals surface area contributed by atoms with Crippen LogP contribution in [0.4, 0.5) is 4.79 Å². The Hall–Kier alpha value is -3.32. The fraction of sp³-hybridized carbons (Fsp3) is 0.684. The van der Waals surface area contributed by atoms with E-state index in [-0.39, 0.29) is 31.2 Å². The van der Waals surface area contributed by atoms with Crippen LogP contribution >= 0.6 is 0 Å². The largest absolute Gasteiger partial charge is 0.463 e. The number of hydrogen-bond donors (Lipinski definition) is 0. The first-order valence-electron chi connectivity index (χ1n) is 17.4. The maximum Gasteiger partial charge on any atom is 0.410 e. The van der Waals surface area contributed by atoms with E-state index in [1.807, 2.05) is 45.8 Å². The number of cyclic esters (lactones) is 1. The van der Waals surface area contributed by atoms with E-state index in [9.17, 15) is 19.2 Å². The number of carbonyl (C=O) groups is 4. The summed E-state index contributed by atoms with van der Waals surface area (Å²) < 4.78 is 36.9. The van der Waals surface area contributed by atoms with Crippen molar-refractivity contribution >= 4 is 23.8 Å². The number of hydrogen-bond acceptors (Lipinski definition) is 11. The van der Waals surface area contributed by atoms with E-state index in [1.165, 1.54) is 25.0 Å². The summed E-state index contributed by atoms with van der Waals surface area (Å²) in [7, 11) is 5.33. The van der Waals surface area contributed by atoms with Crippen LogP contribution in [0.3, 0.4) is 0 Å². The minimum atomic E-state index is -1.16. The number of ether oxygens (including phenoxy) is 6. The molecule has 280 valence electrons. The number of Topliss-reactive ketones (excluding diaryl/α,β-unsaturated/α-hetero) is 1. The molecule has 0 saturated carbocycles. The zero-order chi connectivity index (χ0) is 37.6. The topological polar surface area (TPSA) is 130 Å². The standard InChI is InChI=1S/C38H58N2O10/c1-13-28-22-46-33(42)26(5)30(41)25(4)32(38(9,45-12)20-23(2)21-40(28)36(44)50-37(6,7)8)49-35-31(29(39(10)11)19-24(3)47-35)48-34(43)27-17-15-14-16-18-27/h13-18,23-26,28-29,31-32,35H,1,19-22H2,2-12H3/t23-,24-,25+,26?,28-,29+,31-,32-,35+,38-/m1/s1. The summed E-state index contributed by atoms with van der Waals surface area (Å²) in [5.41, 5.74) is -1.55. The summed E-state index contributed by atoms with van der Waals surface area (Å²) >= 11 is 0. The Morgan fingerprint density at radius 1 is 1.08 bits per heavy atom. The van der Waals surface area contributed by atoms with Gasteiger partial charge in [-0.05, 0) is 86.5 Å². The molecular formula is C38H58N2O10. The average Bonchev–Trinajstić information content (AvgIpc) is 3.05. The third kappa shape index (κ3) is 10.4. The summed E-state index contributed by atoms with van der Waals surface area (Å²) in [6.07, 6.45) is -1.41. The first-order chi connectivity index (χ1) is 23.3. The molecule has 50 heavy (non-hydrogen) atoms. The van der Waals surface area contributed by atoms with Crippen LogP contribution in [0, 0.1) is 17.8 Å². The smallest absolute Gasteiger partial charge is 0.410 e. The van der Waals surface area contributed by atoms with E-state index in [2.05, 4.69) is 6.58 Å². The number of benzene rings is 1. The maximum atomic E-state index is 14.1. The molecule has 3 rings (SSSR count). The molecule has 0 spiro atoms. The van der Waals surface area contributed by atoms with Gasteiger partial charge in [0.15, 0.2) is 18.2 Å². The van der Waals surface area contributed by atoms with E-state index in [4.69, 9.17) is 28.4 Å². The van der Waals surface area contributed by atoms with E-state index in [1.54, 1.807) is 52.0 Å². The molecule has 12 heteroatoms. The number of carbonyl (C=O) groups excluding carboxylic acids is 4. The van der Waals surface area contributed by atoms with E-state index >= 15 is 0 Å². The van der Waals surface area contributed by atoms with Crippen LogP contribution in [0.15, 0.2) is 43.0 Å². The highest BCUT2D eigenvalue weighted by Crippen LogP contribution is 2.37. The lowest BCUT2D eigenvalue weighted by atomic mass is 9.78. The number of likely N-dealkylation sites (N-methyl/N-ethyl adjacent to an activating group) is 1. The molecule has 0 bridgehead atoms. The summed E-state index contributed by atoms with van der Waals surface area (Å²) in [6.45, 7) is 18.1. The lowest BCUT2D eigenvalue weighted by Gasteiger charge is -2.47. The van der Waals surface area contributed by atoms with Crippen LogP contribution in [-0.2, 0) is 38.0 Å². The molecule has 1 aromatic carbocycles. The number of nitrogens with zero attached hydrogens (tertiary/aromatic N) is 2. The zero-order valence-corrected chi connectivity index (χ0v) is 31.7. The Bertz CT molecular complexity index is 1330. The Kier molecular flexibility index (Phi) is 14.2. The molecule has 2 aliphatic rings. The predicted molar refractivity (Wildman–Crippen MR) is 187 cm³/mol. The van der Waals surface area contributed by atoms with Crippen LogP contribution in [-0.4, -0.2) is 116 Å². The fourth-order valence-electron chi connectivity index (χ4n) is 6.78. The Balaban J connectivity index is 2.08. The van der Waals surface area contributed by atoms with Gasteiger partial charge >= 0.3 is 18.0 Å². The molecule has 0 N–H and O–H groups in total. The third-order valence-corrected chi connectivity index (χ3v) is 9.49. The number of methoxy groups -OCH3 is 1. The first-order valence-corrected chi connectivity index (χ1v) is 17.4. The van der Waals surface area contributed by atoms with Crippen molar-refractivity contribution in [3.05, 3.63) is 48.6 Å². The number of ketones is 1. The molecule has 2 fully saturated rings. The average molecular weight is 703 g/mol. The van der Waals surface area contributed by atoms with Crippen molar-refractivity contribution in [1.29, 1.82) is 0 Å². The molecule has 2 heterocycles. The van der Waals surface area contributed by atoms with E-state index < -0.39 is 71.4 Å². The second kappa shape index (κ2) is 17.3. The number of esters is 2. The van der Waals surface area contributed by atoms with Crippen molar-refractivity contribution in [2.45, 2.75) is 116 Å². The van der Waals surface area contributed by atoms with Gasteiger partial charge in [-0.25, -0.2) is 9.59 Å². The van der Waals surface area contributed by atoms with Crippen molar-refractivity contribution in [1.82, 2.24) is 9.80 Å². The van der Waals surface area contributed by atoms with E-state index in [0.717, 1.165) is 0 Å². The normalized spacial score (nSPS) is 33.4. The van der Waals surface area contributed by atoms with Crippen molar-refractivity contribution in [3.8, 4) is 0 Å². The number of amides is 1. The predicted octanol–water partition coefficient (Wildman–Crippen LogP) is 5.28. The monoisotopic (exact) mass is 702 g/mol. The maximum absolute atomic E-state index is 14.1. The van der Waals surface area contributed by atoms with Gasteiger partial charge in [-0.2, -0.15) is 0 Å². The Morgan fingerprint density at radius 2 is 1.72 bits per heavy atom. The van der Waals surface area contributed by atoms with E-state index in [0.29, 0.717) is 18.4 Å². The lowest BCUT2D eigenvalue weighted by Crippen LogP contribution is -2.60. The molecule has 0 aliphatic carbocycles. The molecule has 1 aromatic rings. The van der Waals surface area contributed by atoms with Crippen LogP contribution < -0.4 is 0 Å². The quantitative estimate of drug-likeness (QED) is 0.159. The van der Waals surface area contributed by atoms with Crippen molar-refractivity contribution in [2.75, 3.05) is 34.4 Å². The second-order valence-corrected chi connectivity index (χ2v) is 15.2. The summed E-state index contributed by atoms with van der Waals surface area (Å²) in [5.74, 6) is -3.98. The molecule has 2 aliphatic heterocycles. The SMILES string of the molecule is C=C[C@@H]1COC(=O)C(C)C(=O)[C@H](C)[C@@H](O[C@@H]2O[C@H](C)C[C@H](N(C)C)[C@H]2OC(=O)c2ccccc2)[C@](C)(OC)C[C@@H](C)CN1C(=O)OC(C)(C)C. The van der Waals surface area contributed by atoms with Crippen LogP contribution in [0.2, 0.25) is 0 Å². The fourth-order valence-corrected chi connectivity index (χ4v) is 6.78. The minimum absolute atomic E-state index is 0.198. The van der Waals surface area contributed by atoms with Gasteiger partial charge in [0.2, 0.25) is 0 Å². The van der Waals surface area contributed by atoms with Gasteiger partial charge in [0.05, 0.1) is 35.5 Å². The molecule has 12 nitrogen and oxygen atoms in total. The molecule has 2 saturated heterocycles. The van der Waals surface area contributed by atoms with Gasteiger partial charge in [-0.1, -0.05) is 38.1 Å². The molecular weight excluding hydrogens is 644 g/mol. The number of rotatable bonds is 7. The minimum Gasteiger partial charge on any atom is -0.463 e. The first kappa shape index (κ1) is 41.1. The molecule has 1 unspecified atom stereocenters. The van der Waals surface area contributed by atoms with Crippen LogP contribution in [0.1, 0.15) is 78.6 Å². The van der Waals surface area contributed by atoms with Gasteiger partial charge in [0.25, 0.3) is 0 Å². The highest BCUT2D eigenvalue weighted by atomic mass is 16.7. The Morgan fingerprint density at radius 3 is 2.28 bits per heavy atom. The van der Waals surface area contributed by atoms with Crippen molar-refractivity contribution < 1.29 is 47.6 Å². The van der Waals surface area contributed by atoms with Crippen LogP contribution in [0.25, 0.3) is 0 Å². The van der Waals surface area contributed by atoms with Crippen LogP contribution in [0.5, 0.6) is 0 Å². The Labute approximate surface area is 297 Å². The molecule has 0 aromatic heterocycles. The van der Waals surface area contributed by atoms with Gasteiger partial charge in [0.1, 0.15) is 18.1 Å². The zero-order valence-electron chi connectivity index (χ0n) is 31.7. The molecule has 0 radical (unpaired) electrons.